The Balaban J connectivity index is 1.71. The Hall–Kier alpha value is -1.06. The zero-order valence-corrected chi connectivity index (χ0v) is 11.1. The number of morpholine rings is 1. The van der Waals surface area contributed by atoms with Gasteiger partial charge in [0.25, 0.3) is 0 Å². The molecule has 98 valence electrons. The van der Waals surface area contributed by atoms with Crippen molar-refractivity contribution in [2.45, 2.75) is 32.4 Å². The standard InChI is InChI=1S/C15H22N2O/c1-2-14-11-18-8-7-17(14)10-12-3-4-13-5-6-16-15(13)9-12/h3-4,9,14,16H,2,5-8,10-11H2,1H3. The van der Waals surface area contributed by atoms with Gasteiger partial charge in [-0.05, 0) is 30.0 Å². The van der Waals surface area contributed by atoms with Crippen LogP contribution in [0.15, 0.2) is 18.2 Å². The van der Waals surface area contributed by atoms with E-state index in [0.717, 1.165) is 32.8 Å². The molecule has 1 atom stereocenters. The van der Waals surface area contributed by atoms with Crippen LogP contribution in [0.5, 0.6) is 0 Å². The summed E-state index contributed by atoms with van der Waals surface area (Å²) in [6.45, 7) is 7.21. The number of hydrogen-bond donors (Lipinski definition) is 1. The molecule has 0 radical (unpaired) electrons. The summed E-state index contributed by atoms with van der Waals surface area (Å²) in [6.07, 6.45) is 2.34. The zero-order chi connectivity index (χ0) is 12.4. The van der Waals surface area contributed by atoms with Crippen LogP contribution in [0.1, 0.15) is 24.5 Å². The molecule has 0 bridgehead atoms. The molecule has 3 rings (SSSR count). The molecular formula is C15H22N2O. The molecule has 1 N–H and O–H groups in total. The average Bonchev–Trinajstić information content (AvgIpc) is 2.87. The minimum Gasteiger partial charge on any atom is -0.384 e. The lowest BCUT2D eigenvalue weighted by Gasteiger charge is -2.35. The first kappa shape index (κ1) is 12.0. The van der Waals surface area contributed by atoms with Crippen LogP contribution in [-0.2, 0) is 17.7 Å². The third-order valence-corrected chi connectivity index (χ3v) is 4.09. The molecule has 1 aromatic rings. The van der Waals surface area contributed by atoms with E-state index >= 15 is 0 Å². The zero-order valence-electron chi connectivity index (χ0n) is 11.1. The normalized spacial score (nSPS) is 23.7. The van der Waals surface area contributed by atoms with E-state index in [1.165, 1.54) is 29.7 Å². The Morgan fingerprint density at radius 1 is 1.44 bits per heavy atom. The second kappa shape index (κ2) is 5.29. The number of anilines is 1. The minimum absolute atomic E-state index is 0.583. The molecule has 18 heavy (non-hydrogen) atoms. The van der Waals surface area contributed by atoms with Crippen molar-refractivity contribution in [3.8, 4) is 0 Å². The molecule has 0 saturated carbocycles. The van der Waals surface area contributed by atoms with Gasteiger partial charge in [-0.25, -0.2) is 0 Å². The van der Waals surface area contributed by atoms with Crippen molar-refractivity contribution < 1.29 is 4.74 Å². The lowest BCUT2D eigenvalue weighted by atomic mass is 10.1. The molecule has 3 heteroatoms. The van der Waals surface area contributed by atoms with E-state index in [1.54, 1.807) is 0 Å². The van der Waals surface area contributed by atoms with E-state index in [4.69, 9.17) is 4.74 Å². The molecule has 1 unspecified atom stereocenters. The molecule has 1 fully saturated rings. The van der Waals surface area contributed by atoms with Gasteiger partial charge in [-0.3, -0.25) is 4.90 Å². The van der Waals surface area contributed by atoms with E-state index in [2.05, 4.69) is 35.3 Å². The molecule has 2 aliphatic heterocycles. The summed E-state index contributed by atoms with van der Waals surface area (Å²) in [4.78, 5) is 2.56. The van der Waals surface area contributed by atoms with Gasteiger partial charge in [-0.2, -0.15) is 0 Å². The number of hydrogen-bond acceptors (Lipinski definition) is 3. The number of rotatable bonds is 3. The van der Waals surface area contributed by atoms with Gasteiger partial charge in [-0.15, -0.1) is 0 Å². The van der Waals surface area contributed by atoms with E-state index in [-0.39, 0.29) is 0 Å². The Morgan fingerprint density at radius 2 is 2.39 bits per heavy atom. The third kappa shape index (κ3) is 2.38. The van der Waals surface area contributed by atoms with Gasteiger partial charge in [0.05, 0.1) is 13.2 Å². The second-order valence-electron chi connectivity index (χ2n) is 5.28. The summed E-state index contributed by atoms with van der Waals surface area (Å²) < 4.78 is 5.56. The molecule has 0 amide bonds. The fourth-order valence-corrected chi connectivity index (χ4v) is 2.94. The van der Waals surface area contributed by atoms with Crippen molar-refractivity contribution in [1.82, 2.24) is 4.90 Å². The lowest BCUT2D eigenvalue weighted by molar-refractivity contribution is -0.0127. The maximum absolute atomic E-state index is 5.56. The van der Waals surface area contributed by atoms with Gasteiger partial charge in [0, 0.05) is 31.4 Å². The molecule has 0 aromatic heterocycles. The van der Waals surface area contributed by atoms with Crippen LogP contribution < -0.4 is 5.32 Å². The SMILES string of the molecule is CCC1COCCN1Cc1ccc2c(c1)NCC2. The molecule has 0 aliphatic carbocycles. The predicted molar refractivity (Wildman–Crippen MR) is 73.9 cm³/mol. The van der Waals surface area contributed by atoms with Crippen LogP contribution >= 0.6 is 0 Å². The Bertz CT molecular complexity index is 419. The molecule has 3 nitrogen and oxygen atoms in total. The second-order valence-corrected chi connectivity index (χ2v) is 5.28. The van der Waals surface area contributed by atoms with E-state index in [9.17, 15) is 0 Å². The Kier molecular flexibility index (Phi) is 3.52. The predicted octanol–water partition coefficient (Wildman–Crippen LogP) is 2.27. The number of nitrogens with zero attached hydrogens (tertiary/aromatic N) is 1. The van der Waals surface area contributed by atoms with E-state index < -0.39 is 0 Å². The maximum Gasteiger partial charge on any atom is 0.0622 e. The largest absolute Gasteiger partial charge is 0.384 e. The van der Waals surface area contributed by atoms with Crippen molar-refractivity contribution in [3.05, 3.63) is 29.3 Å². The number of benzene rings is 1. The number of ether oxygens (including phenoxy) is 1. The van der Waals surface area contributed by atoms with Crippen LogP contribution in [0.25, 0.3) is 0 Å². The van der Waals surface area contributed by atoms with Crippen molar-refractivity contribution in [3.63, 3.8) is 0 Å². The monoisotopic (exact) mass is 246 g/mol. The quantitative estimate of drug-likeness (QED) is 0.885. The summed E-state index contributed by atoms with van der Waals surface area (Å²) in [6, 6.07) is 7.48. The van der Waals surface area contributed by atoms with Gasteiger partial charge in [0.15, 0.2) is 0 Å². The Labute approximate surface area is 109 Å². The summed E-state index contributed by atoms with van der Waals surface area (Å²) >= 11 is 0. The average molecular weight is 246 g/mol. The highest BCUT2D eigenvalue weighted by atomic mass is 16.5. The highest BCUT2D eigenvalue weighted by Gasteiger charge is 2.21. The summed E-state index contributed by atoms with van der Waals surface area (Å²) in [5, 5.41) is 3.46. The van der Waals surface area contributed by atoms with Gasteiger partial charge in [0.2, 0.25) is 0 Å². The van der Waals surface area contributed by atoms with Crippen LogP contribution in [0, 0.1) is 0 Å². The van der Waals surface area contributed by atoms with Crippen molar-refractivity contribution in [1.29, 1.82) is 0 Å². The van der Waals surface area contributed by atoms with Gasteiger partial charge >= 0.3 is 0 Å². The fraction of sp³-hybridized carbons (Fsp3) is 0.600. The summed E-state index contributed by atoms with van der Waals surface area (Å²) in [5.41, 5.74) is 4.23. The van der Waals surface area contributed by atoms with Crippen molar-refractivity contribution in [2.24, 2.45) is 0 Å². The molecular weight excluding hydrogens is 224 g/mol. The third-order valence-electron chi connectivity index (χ3n) is 4.09. The van der Waals surface area contributed by atoms with Crippen molar-refractivity contribution in [2.75, 3.05) is 31.6 Å². The highest BCUT2D eigenvalue weighted by molar-refractivity contribution is 5.57. The van der Waals surface area contributed by atoms with Gasteiger partial charge in [-0.1, -0.05) is 19.1 Å². The first-order chi connectivity index (χ1) is 8.86. The van der Waals surface area contributed by atoms with Crippen LogP contribution in [0.2, 0.25) is 0 Å². The highest BCUT2D eigenvalue weighted by Crippen LogP contribution is 2.24. The van der Waals surface area contributed by atoms with Crippen LogP contribution in [0.3, 0.4) is 0 Å². The number of nitrogens with one attached hydrogen (secondary N) is 1. The summed E-state index contributed by atoms with van der Waals surface area (Å²) in [7, 11) is 0. The maximum atomic E-state index is 5.56. The number of fused-ring (bicyclic) bond motifs is 1. The molecule has 1 saturated heterocycles. The Morgan fingerprint density at radius 3 is 3.28 bits per heavy atom. The topological polar surface area (TPSA) is 24.5 Å². The van der Waals surface area contributed by atoms with Crippen LogP contribution in [0.4, 0.5) is 5.69 Å². The minimum atomic E-state index is 0.583. The van der Waals surface area contributed by atoms with Crippen LogP contribution in [-0.4, -0.2) is 37.2 Å². The molecule has 0 spiro atoms. The lowest BCUT2D eigenvalue weighted by Crippen LogP contribution is -2.44. The van der Waals surface area contributed by atoms with E-state index in [0.29, 0.717) is 6.04 Å². The first-order valence-corrected chi connectivity index (χ1v) is 7.04. The van der Waals surface area contributed by atoms with E-state index in [1.807, 2.05) is 0 Å². The first-order valence-electron chi connectivity index (χ1n) is 7.04. The summed E-state index contributed by atoms with van der Waals surface area (Å²) in [5.74, 6) is 0. The fourth-order valence-electron chi connectivity index (χ4n) is 2.94. The van der Waals surface area contributed by atoms with Crippen molar-refractivity contribution >= 4 is 5.69 Å². The molecule has 1 aromatic carbocycles. The van der Waals surface area contributed by atoms with Gasteiger partial charge < -0.3 is 10.1 Å². The molecule has 2 heterocycles. The molecule has 2 aliphatic rings. The smallest absolute Gasteiger partial charge is 0.0622 e. The van der Waals surface area contributed by atoms with Gasteiger partial charge in [0.1, 0.15) is 0 Å².